The Hall–Kier alpha value is -1.23. The highest BCUT2D eigenvalue weighted by Crippen LogP contribution is 2.37. The van der Waals surface area contributed by atoms with Crippen LogP contribution >= 0.6 is 27.5 Å². The molecule has 2 rings (SSSR count). The maximum absolute atomic E-state index is 6.20. The lowest BCUT2D eigenvalue weighted by Gasteiger charge is -2.15. The van der Waals surface area contributed by atoms with Crippen molar-refractivity contribution in [1.82, 2.24) is 5.32 Å². The van der Waals surface area contributed by atoms with E-state index in [-0.39, 0.29) is 0 Å². The van der Waals surface area contributed by atoms with Crippen LogP contribution in [0.3, 0.4) is 0 Å². The Balaban J connectivity index is 1.96. The Morgan fingerprint density at radius 2 is 1.92 bits per heavy atom. The maximum Gasteiger partial charge on any atom is 0.175 e. The molecule has 2 aromatic carbocycles. The first-order chi connectivity index (χ1) is 12.7. The number of ether oxygens (including phenoxy) is 2. The van der Waals surface area contributed by atoms with Crippen LogP contribution in [0.15, 0.2) is 40.9 Å². The van der Waals surface area contributed by atoms with Gasteiger partial charge in [0.2, 0.25) is 0 Å². The van der Waals surface area contributed by atoms with Crippen molar-refractivity contribution in [2.24, 2.45) is 0 Å². The minimum atomic E-state index is 0.393. The Morgan fingerprint density at radius 3 is 2.65 bits per heavy atom. The fourth-order valence-corrected chi connectivity index (χ4v) is 3.48. The molecule has 0 amide bonds. The minimum Gasteiger partial charge on any atom is -0.493 e. The van der Waals surface area contributed by atoms with Crippen LogP contribution in [0.4, 0.5) is 0 Å². The second-order valence-electron chi connectivity index (χ2n) is 6.23. The van der Waals surface area contributed by atoms with E-state index in [0.29, 0.717) is 23.1 Å². The van der Waals surface area contributed by atoms with E-state index in [1.54, 1.807) is 7.11 Å². The molecule has 0 aromatic heterocycles. The Morgan fingerprint density at radius 1 is 1.12 bits per heavy atom. The van der Waals surface area contributed by atoms with Gasteiger partial charge >= 0.3 is 0 Å². The van der Waals surface area contributed by atoms with Gasteiger partial charge in [-0.25, -0.2) is 0 Å². The molecule has 0 saturated carbocycles. The smallest absolute Gasteiger partial charge is 0.175 e. The number of halogens is 2. The number of hydrogen-bond donors (Lipinski definition) is 1. The summed E-state index contributed by atoms with van der Waals surface area (Å²) in [5.41, 5.74) is 2.11. The monoisotopic (exact) mass is 439 g/mol. The molecule has 0 saturated heterocycles. The standard InChI is InChI=1S/C21H27BrClNO2/c1-3-4-5-8-11-24-14-16-12-18(22)21(20(13-16)25-2)26-15-17-9-6-7-10-19(17)23/h6-7,9-10,12-13,24H,3-5,8,11,14-15H2,1-2H3. The number of nitrogens with one attached hydrogen (secondary N) is 1. The largest absolute Gasteiger partial charge is 0.493 e. The lowest BCUT2D eigenvalue weighted by Crippen LogP contribution is -2.14. The molecule has 142 valence electrons. The second kappa shape index (κ2) is 11.5. The zero-order chi connectivity index (χ0) is 18.8. The molecule has 5 heteroatoms. The van der Waals surface area contributed by atoms with Crippen LogP contribution < -0.4 is 14.8 Å². The molecule has 0 atom stereocenters. The summed E-state index contributed by atoms with van der Waals surface area (Å²) in [7, 11) is 1.66. The first-order valence-corrected chi connectivity index (χ1v) is 10.3. The van der Waals surface area contributed by atoms with Gasteiger partial charge in [0.1, 0.15) is 6.61 Å². The Kier molecular flexibility index (Phi) is 9.30. The third kappa shape index (κ3) is 6.49. The average molecular weight is 441 g/mol. The van der Waals surface area contributed by atoms with Crippen molar-refractivity contribution in [3.05, 3.63) is 57.0 Å². The van der Waals surface area contributed by atoms with Gasteiger partial charge in [-0.1, -0.05) is 56.0 Å². The fraction of sp³-hybridized carbons (Fsp3) is 0.429. The van der Waals surface area contributed by atoms with Crippen molar-refractivity contribution < 1.29 is 9.47 Å². The summed E-state index contributed by atoms with van der Waals surface area (Å²) in [5, 5.41) is 4.19. The molecule has 0 aliphatic heterocycles. The molecule has 0 aliphatic carbocycles. The maximum atomic E-state index is 6.20. The zero-order valence-electron chi connectivity index (χ0n) is 15.5. The lowest BCUT2D eigenvalue weighted by atomic mass is 10.2. The summed E-state index contributed by atoms with van der Waals surface area (Å²) >= 11 is 9.81. The molecule has 3 nitrogen and oxygen atoms in total. The van der Waals surface area contributed by atoms with Crippen LogP contribution in [0.5, 0.6) is 11.5 Å². The lowest BCUT2D eigenvalue weighted by molar-refractivity contribution is 0.282. The van der Waals surface area contributed by atoms with Gasteiger partial charge in [-0.3, -0.25) is 0 Å². The molecule has 0 spiro atoms. The predicted octanol–water partition coefficient (Wildman–Crippen LogP) is 6.36. The molecule has 0 heterocycles. The number of benzene rings is 2. The molecular weight excluding hydrogens is 414 g/mol. The van der Waals surface area contributed by atoms with E-state index in [1.807, 2.05) is 30.3 Å². The minimum absolute atomic E-state index is 0.393. The number of unbranched alkanes of at least 4 members (excludes halogenated alkanes) is 3. The first-order valence-electron chi connectivity index (χ1n) is 9.09. The predicted molar refractivity (Wildman–Crippen MR) is 112 cm³/mol. The Bertz CT molecular complexity index is 694. The highest BCUT2D eigenvalue weighted by atomic mass is 79.9. The fourth-order valence-electron chi connectivity index (χ4n) is 2.69. The van der Waals surface area contributed by atoms with Crippen molar-refractivity contribution in [1.29, 1.82) is 0 Å². The van der Waals surface area contributed by atoms with Crippen molar-refractivity contribution in [2.45, 2.75) is 45.8 Å². The quantitative estimate of drug-likeness (QED) is 0.412. The third-order valence-electron chi connectivity index (χ3n) is 4.16. The average Bonchev–Trinajstić information content (AvgIpc) is 2.64. The van der Waals surface area contributed by atoms with Gasteiger partial charge in [-0.05, 0) is 52.7 Å². The summed E-state index contributed by atoms with van der Waals surface area (Å²) in [6.07, 6.45) is 5.06. The highest BCUT2D eigenvalue weighted by Gasteiger charge is 2.12. The SMILES string of the molecule is CCCCCCNCc1cc(Br)c(OCc2ccccc2Cl)c(OC)c1. The van der Waals surface area contributed by atoms with Gasteiger partial charge in [0.05, 0.1) is 11.6 Å². The molecule has 0 radical (unpaired) electrons. The van der Waals surface area contributed by atoms with Crippen molar-refractivity contribution in [2.75, 3.05) is 13.7 Å². The summed E-state index contributed by atoms with van der Waals surface area (Å²) < 4.78 is 12.4. The highest BCUT2D eigenvalue weighted by molar-refractivity contribution is 9.10. The van der Waals surface area contributed by atoms with E-state index in [0.717, 1.165) is 28.7 Å². The second-order valence-corrected chi connectivity index (χ2v) is 7.49. The molecule has 0 fully saturated rings. The normalized spacial score (nSPS) is 10.8. The number of hydrogen-bond acceptors (Lipinski definition) is 3. The summed E-state index contributed by atoms with van der Waals surface area (Å²) in [6.45, 7) is 4.47. The molecular formula is C21H27BrClNO2. The van der Waals surface area contributed by atoms with E-state index in [9.17, 15) is 0 Å². The van der Waals surface area contributed by atoms with E-state index >= 15 is 0 Å². The van der Waals surface area contributed by atoms with Gasteiger partial charge in [-0.15, -0.1) is 0 Å². The number of methoxy groups -OCH3 is 1. The zero-order valence-corrected chi connectivity index (χ0v) is 17.8. The van der Waals surface area contributed by atoms with Crippen molar-refractivity contribution in [3.8, 4) is 11.5 Å². The van der Waals surface area contributed by atoms with Crippen LogP contribution in [0.2, 0.25) is 5.02 Å². The molecule has 2 aromatic rings. The van der Waals surface area contributed by atoms with Crippen LogP contribution in [-0.2, 0) is 13.2 Å². The van der Waals surface area contributed by atoms with Crippen molar-refractivity contribution >= 4 is 27.5 Å². The Labute approximate surface area is 170 Å². The van der Waals surface area contributed by atoms with Crippen LogP contribution in [0.25, 0.3) is 0 Å². The van der Waals surface area contributed by atoms with E-state index < -0.39 is 0 Å². The van der Waals surface area contributed by atoms with Gasteiger partial charge in [0.25, 0.3) is 0 Å². The van der Waals surface area contributed by atoms with E-state index in [2.05, 4.69) is 34.2 Å². The van der Waals surface area contributed by atoms with Gasteiger partial charge in [0, 0.05) is 17.1 Å². The van der Waals surface area contributed by atoms with Crippen LogP contribution in [-0.4, -0.2) is 13.7 Å². The molecule has 0 aliphatic rings. The van der Waals surface area contributed by atoms with E-state index in [4.69, 9.17) is 21.1 Å². The third-order valence-corrected chi connectivity index (χ3v) is 5.11. The first kappa shape index (κ1) is 21.1. The van der Waals surface area contributed by atoms with Gasteiger partial charge in [0.15, 0.2) is 11.5 Å². The van der Waals surface area contributed by atoms with Gasteiger partial charge in [-0.2, -0.15) is 0 Å². The van der Waals surface area contributed by atoms with Crippen molar-refractivity contribution in [3.63, 3.8) is 0 Å². The van der Waals surface area contributed by atoms with Gasteiger partial charge < -0.3 is 14.8 Å². The molecule has 26 heavy (non-hydrogen) atoms. The molecule has 0 bridgehead atoms. The molecule has 0 unspecified atom stereocenters. The summed E-state index contributed by atoms with van der Waals surface area (Å²) in [4.78, 5) is 0. The number of rotatable bonds is 11. The topological polar surface area (TPSA) is 30.5 Å². The summed E-state index contributed by atoms with van der Waals surface area (Å²) in [5.74, 6) is 1.41. The molecule has 1 N–H and O–H groups in total. The van der Waals surface area contributed by atoms with E-state index in [1.165, 1.54) is 25.7 Å². The summed E-state index contributed by atoms with van der Waals surface area (Å²) in [6, 6.07) is 11.8. The van der Waals surface area contributed by atoms with Crippen LogP contribution in [0, 0.1) is 0 Å². The van der Waals surface area contributed by atoms with Crippen LogP contribution in [0.1, 0.15) is 43.7 Å².